The molecule has 2 heterocycles. The van der Waals surface area contributed by atoms with Crippen molar-refractivity contribution in [2.75, 3.05) is 0 Å². The Morgan fingerprint density at radius 2 is 2.15 bits per heavy atom. The van der Waals surface area contributed by atoms with Gasteiger partial charge in [0.05, 0.1) is 19.7 Å². The molecule has 142 valence electrons. The second-order valence-electron chi connectivity index (χ2n) is 5.81. The summed E-state index contributed by atoms with van der Waals surface area (Å²) < 4.78 is 37.5. The van der Waals surface area contributed by atoms with Crippen molar-refractivity contribution >= 4 is 18.7 Å². The van der Waals surface area contributed by atoms with Crippen molar-refractivity contribution in [2.24, 2.45) is 0 Å². The molecule has 0 radical (unpaired) electrons. The number of aldehydes is 1. The van der Waals surface area contributed by atoms with Crippen molar-refractivity contribution < 1.29 is 21.8 Å². The van der Waals surface area contributed by atoms with Gasteiger partial charge in [-0.3, -0.25) is 14.5 Å². The molecule has 2 aromatic heterocycles. The zero-order chi connectivity index (χ0) is 20.5. The zero-order valence-electron chi connectivity index (χ0n) is 16.6. The van der Waals surface area contributed by atoms with Gasteiger partial charge in [0.15, 0.2) is 6.29 Å². The van der Waals surface area contributed by atoms with Gasteiger partial charge < -0.3 is 9.84 Å². The minimum Gasteiger partial charge on any atom is -0.507 e. The van der Waals surface area contributed by atoms with E-state index < -0.39 is 23.9 Å². The van der Waals surface area contributed by atoms with Crippen LogP contribution in [0, 0.1) is 5.82 Å². The van der Waals surface area contributed by atoms with Crippen LogP contribution in [0.3, 0.4) is 0 Å². The molecule has 0 atom stereocenters. The van der Waals surface area contributed by atoms with Crippen LogP contribution in [0.2, 0.25) is 0 Å². The standard InChI is InChI=1S/C19H18FN3O3.ClH/c1-12(2)23-16(5-7-22-23)19-13(4-3-6-21-19)11-26-18-9-14(20)8-17(25)15(18)10-24;/h3-10,12,25H,11H2,1-2H3;1H/i11D2;. The summed E-state index contributed by atoms with van der Waals surface area (Å²) in [5.74, 6) is -1.91. The van der Waals surface area contributed by atoms with Crippen molar-refractivity contribution in [3.63, 3.8) is 0 Å². The Morgan fingerprint density at radius 1 is 1.37 bits per heavy atom. The second-order valence-corrected chi connectivity index (χ2v) is 5.81. The number of aromatic hydroxyl groups is 1. The highest BCUT2D eigenvalue weighted by Crippen LogP contribution is 2.29. The Morgan fingerprint density at radius 3 is 2.85 bits per heavy atom. The predicted molar refractivity (Wildman–Crippen MR) is 101 cm³/mol. The van der Waals surface area contributed by atoms with Gasteiger partial charge in [-0.25, -0.2) is 4.39 Å². The van der Waals surface area contributed by atoms with Crippen molar-refractivity contribution in [1.29, 1.82) is 0 Å². The van der Waals surface area contributed by atoms with E-state index in [0.29, 0.717) is 11.4 Å². The van der Waals surface area contributed by atoms with Crippen molar-refractivity contribution in [1.82, 2.24) is 14.8 Å². The largest absolute Gasteiger partial charge is 0.507 e. The number of carbonyl (C=O) groups is 1. The molecule has 3 aromatic rings. The van der Waals surface area contributed by atoms with E-state index in [4.69, 9.17) is 7.48 Å². The number of nitrogens with zero attached hydrogens (tertiary/aromatic N) is 3. The van der Waals surface area contributed by atoms with E-state index in [1.54, 1.807) is 23.0 Å². The minimum atomic E-state index is -2.48. The summed E-state index contributed by atoms with van der Waals surface area (Å²) in [6.07, 6.45) is 3.37. The quantitative estimate of drug-likeness (QED) is 0.635. The van der Waals surface area contributed by atoms with Gasteiger partial charge in [0, 0.05) is 36.1 Å². The summed E-state index contributed by atoms with van der Waals surface area (Å²) in [5.41, 5.74) is 0.601. The monoisotopic (exact) mass is 393 g/mol. The first-order chi connectivity index (χ1) is 13.2. The molecule has 0 aliphatic carbocycles. The first kappa shape index (κ1) is 17.5. The molecule has 0 amide bonds. The smallest absolute Gasteiger partial charge is 0.157 e. The van der Waals surface area contributed by atoms with Crippen LogP contribution in [0.1, 0.15) is 38.6 Å². The van der Waals surface area contributed by atoms with E-state index in [9.17, 15) is 14.3 Å². The van der Waals surface area contributed by atoms with Crippen LogP contribution in [0.25, 0.3) is 11.4 Å². The number of phenols is 1. The fourth-order valence-corrected chi connectivity index (χ4v) is 2.50. The molecule has 0 aliphatic heterocycles. The lowest BCUT2D eigenvalue weighted by Crippen LogP contribution is -2.08. The Kier molecular flexibility index (Phi) is 5.59. The molecule has 27 heavy (non-hydrogen) atoms. The lowest BCUT2D eigenvalue weighted by Gasteiger charge is -2.15. The molecular formula is C19H19ClFN3O3. The van der Waals surface area contributed by atoms with Gasteiger partial charge in [-0.15, -0.1) is 12.4 Å². The number of rotatable bonds is 6. The number of halogens is 2. The third-order valence-corrected chi connectivity index (χ3v) is 3.68. The summed E-state index contributed by atoms with van der Waals surface area (Å²) >= 11 is 0. The Hall–Kier alpha value is -2.93. The summed E-state index contributed by atoms with van der Waals surface area (Å²) in [6, 6.07) is 6.33. The molecule has 6 nitrogen and oxygen atoms in total. The average molecular weight is 394 g/mol. The first-order valence-electron chi connectivity index (χ1n) is 8.90. The SMILES string of the molecule is Cl.[2H]C([2H])(Oc1cc(F)cc(O)c1C=O)c1cccnc1-c1ccnn1C(C)C. The van der Waals surface area contributed by atoms with Crippen LogP contribution >= 0.6 is 12.4 Å². The molecule has 0 aliphatic rings. The lowest BCUT2D eigenvalue weighted by atomic mass is 10.1. The van der Waals surface area contributed by atoms with Gasteiger partial charge in [-0.2, -0.15) is 5.10 Å². The van der Waals surface area contributed by atoms with E-state index in [2.05, 4.69) is 10.1 Å². The molecular weight excluding hydrogens is 373 g/mol. The molecule has 0 unspecified atom stereocenters. The topological polar surface area (TPSA) is 77.2 Å². The van der Waals surface area contributed by atoms with Gasteiger partial charge in [-0.05, 0) is 26.0 Å². The summed E-state index contributed by atoms with van der Waals surface area (Å²) in [6.45, 7) is 1.37. The van der Waals surface area contributed by atoms with Gasteiger partial charge in [0.1, 0.15) is 23.9 Å². The third kappa shape index (κ3) is 4.25. The highest BCUT2D eigenvalue weighted by molar-refractivity contribution is 5.85. The lowest BCUT2D eigenvalue weighted by molar-refractivity contribution is 0.111. The predicted octanol–water partition coefficient (Wildman–Crippen LogP) is 4.18. The van der Waals surface area contributed by atoms with Crippen LogP contribution in [0.5, 0.6) is 11.5 Å². The molecule has 0 saturated carbocycles. The van der Waals surface area contributed by atoms with E-state index in [0.717, 1.165) is 12.1 Å². The molecule has 8 heteroatoms. The van der Waals surface area contributed by atoms with E-state index in [1.165, 1.54) is 12.3 Å². The summed E-state index contributed by atoms with van der Waals surface area (Å²) in [7, 11) is 0. The number of pyridine rings is 1. The molecule has 1 N–H and O–H groups in total. The number of hydrogen-bond donors (Lipinski definition) is 1. The van der Waals surface area contributed by atoms with E-state index in [1.807, 2.05) is 13.8 Å². The number of phenolic OH excluding ortho intramolecular Hbond substituents is 1. The van der Waals surface area contributed by atoms with Gasteiger partial charge in [0.2, 0.25) is 0 Å². The van der Waals surface area contributed by atoms with Gasteiger partial charge >= 0.3 is 0 Å². The molecule has 1 aromatic carbocycles. The van der Waals surface area contributed by atoms with Crippen molar-refractivity contribution in [2.45, 2.75) is 26.4 Å². The maximum Gasteiger partial charge on any atom is 0.157 e. The zero-order valence-corrected chi connectivity index (χ0v) is 15.4. The third-order valence-electron chi connectivity index (χ3n) is 3.68. The van der Waals surface area contributed by atoms with Crippen LogP contribution in [0.4, 0.5) is 4.39 Å². The normalized spacial score (nSPS) is 12.1. The summed E-state index contributed by atoms with van der Waals surface area (Å²) in [4.78, 5) is 15.5. The second kappa shape index (κ2) is 8.64. The Balaban J connectivity index is 0.00000300. The fourth-order valence-electron chi connectivity index (χ4n) is 2.50. The van der Waals surface area contributed by atoms with E-state index in [-0.39, 0.29) is 35.9 Å². The number of carbonyl (C=O) groups excluding carboxylic acids is 1. The molecule has 0 saturated heterocycles. The van der Waals surface area contributed by atoms with Gasteiger partial charge in [-0.1, -0.05) is 6.07 Å². The van der Waals surface area contributed by atoms with Crippen LogP contribution in [0.15, 0.2) is 42.7 Å². The van der Waals surface area contributed by atoms with Crippen molar-refractivity contribution in [3.8, 4) is 22.9 Å². The first-order valence-corrected chi connectivity index (χ1v) is 7.90. The molecule has 3 rings (SSSR count). The molecule has 0 spiro atoms. The Bertz CT molecular complexity index is 1030. The maximum atomic E-state index is 13.7. The van der Waals surface area contributed by atoms with Crippen LogP contribution < -0.4 is 4.74 Å². The maximum absolute atomic E-state index is 13.7. The number of benzene rings is 1. The van der Waals surface area contributed by atoms with Gasteiger partial charge in [0.25, 0.3) is 0 Å². The molecule has 0 fully saturated rings. The van der Waals surface area contributed by atoms with Crippen LogP contribution in [-0.4, -0.2) is 26.2 Å². The summed E-state index contributed by atoms with van der Waals surface area (Å²) in [5, 5.41) is 14.0. The number of aromatic nitrogens is 3. The van der Waals surface area contributed by atoms with E-state index >= 15 is 0 Å². The highest BCUT2D eigenvalue weighted by atomic mass is 35.5. The minimum absolute atomic E-state index is 0. The highest BCUT2D eigenvalue weighted by Gasteiger charge is 2.16. The number of hydrogen-bond acceptors (Lipinski definition) is 5. The average Bonchev–Trinajstić information content (AvgIpc) is 3.11. The fraction of sp³-hybridized carbons (Fsp3) is 0.211. The van der Waals surface area contributed by atoms with Crippen molar-refractivity contribution in [3.05, 3.63) is 59.7 Å². The Labute approximate surface area is 164 Å². The number of ether oxygens (including phenoxy) is 1. The molecule has 0 bridgehead atoms. The van der Waals surface area contributed by atoms with Crippen LogP contribution in [-0.2, 0) is 6.56 Å².